The molecule has 0 amide bonds. The van der Waals surface area contributed by atoms with Crippen LogP contribution in [0.1, 0.15) is 18.5 Å². The first kappa shape index (κ1) is 18.4. The van der Waals surface area contributed by atoms with Crippen LogP contribution in [0.4, 0.5) is 0 Å². The zero-order valence-corrected chi connectivity index (χ0v) is 16.3. The van der Waals surface area contributed by atoms with Gasteiger partial charge in [0.25, 0.3) is 15.6 Å². The first-order valence-corrected chi connectivity index (χ1v) is 10.5. The van der Waals surface area contributed by atoms with Gasteiger partial charge in [0.05, 0.1) is 4.34 Å². The van der Waals surface area contributed by atoms with Crippen molar-refractivity contribution in [2.24, 2.45) is 7.05 Å². The van der Waals surface area contributed by atoms with E-state index in [1.807, 2.05) is 13.0 Å². The van der Waals surface area contributed by atoms with Crippen LogP contribution in [0.2, 0.25) is 4.34 Å². The highest BCUT2D eigenvalue weighted by atomic mass is 35.5. The molecule has 0 spiro atoms. The number of aromatic nitrogens is 1. The van der Waals surface area contributed by atoms with Crippen molar-refractivity contribution in [2.45, 2.75) is 30.1 Å². The molecule has 1 aliphatic rings. The second-order valence-corrected chi connectivity index (χ2v) is 9.89. The van der Waals surface area contributed by atoms with Gasteiger partial charge in [0.15, 0.2) is 0 Å². The molecule has 2 aromatic heterocycles. The lowest BCUT2D eigenvalue weighted by Gasteiger charge is -2.31. The summed E-state index contributed by atoms with van der Waals surface area (Å²) in [6.07, 6.45) is 1.05. The van der Waals surface area contributed by atoms with Crippen LogP contribution in [-0.2, 0) is 17.1 Å². The van der Waals surface area contributed by atoms with E-state index in [4.69, 9.17) is 16.3 Å². The van der Waals surface area contributed by atoms with Crippen LogP contribution in [0.5, 0.6) is 5.75 Å². The summed E-state index contributed by atoms with van der Waals surface area (Å²) in [6, 6.07) is 6.41. The number of pyridine rings is 1. The third kappa shape index (κ3) is 3.92. The molecule has 0 N–H and O–H groups in total. The second kappa shape index (κ2) is 7.11. The second-order valence-electron chi connectivity index (χ2n) is 6.01. The van der Waals surface area contributed by atoms with Crippen LogP contribution in [0.3, 0.4) is 0 Å². The van der Waals surface area contributed by atoms with Gasteiger partial charge in [0, 0.05) is 31.9 Å². The molecule has 3 rings (SSSR count). The molecule has 9 heteroatoms. The maximum Gasteiger partial charge on any atom is 0.254 e. The smallest absolute Gasteiger partial charge is 0.254 e. The molecule has 0 aliphatic carbocycles. The van der Waals surface area contributed by atoms with Gasteiger partial charge in [-0.25, -0.2) is 8.42 Å². The van der Waals surface area contributed by atoms with Crippen LogP contribution in [-0.4, -0.2) is 36.5 Å². The summed E-state index contributed by atoms with van der Waals surface area (Å²) < 4.78 is 34.8. The fourth-order valence-electron chi connectivity index (χ4n) is 2.75. The zero-order chi connectivity index (χ0) is 18.2. The first-order chi connectivity index (χ1) is 11.8. The highest BCUT2D eigenvalue weighted by Gasteiger charge is 2.31. The van der Waals surface area contributed by atoms with Gasteiger partial charge in [-0.2, -0.15) is 4.31 Å². The van der Waals surface area contributed by atoms with Gasteiger partial charge in [-0.15, -0.1) is 11.3 Å². The Morgan fingerprint density at radius 1 is 1.24 bits per heavy atom. The minimum absolute atomic E-state index is 0.107. The molecule has 0 radical (unpaired) electrons. The van der Waals surface area contributed by atoms with Gasteiger partial charge in [-0.3, -0.25) is 4.79 Å². The van der Waals surface area contributed by atoms with Gasteiger partial charge in [-0.1, -0.05) is 11.6 Å². The van der Waals surface area contributed by atoms with Crippen molar-refractivity contribution in [3.05, 3.63) is 44.6 Å². The van der Waals surface area contributed by atoms with Gasteiger partial charge >= 0.3 is 0 Å². The lowest BCUT2D eigenvalue weighted by atomic mass is 10.1. The van der Waals surface area contributed by atoms with E-state index in [0.717, 1.165) is 17.0 Å². The number of hydrogen-bond donors (Lipinski definition) is 0. The van der Waals surface area contributed by atoms with Crippen molar-refractivity contribution < 1.29 is 13.2 Å². The van der Waals surface area contributed by atoms with E-state index >= 15 is 0 Å². The molecule has 0 unspecified atom stereocenters. The SMILES string of the molecule is Cc1cc(OC2CCN(S(=O)(=O)c3ccc(Cl)s3)CC2)cc(=O)n1C. The Morgan fingerprint density at radius 3 is 2.48 bits per heavy atom. The quantitative estimate of drug-likeness (QED) is 0.788. The van der Waals surface area contributed by atoms with E-state index in [2.05, 4.69) is 0 Å². The number of thiophene rings is 1. The molecule has 2 aromatic rings. The number of aryl methyl sites for hydroxylation is 1. The van der Waals surface area contributed by atoms with E-state index in [-0.39, 0.29) is 15.9 Å². The predicted octanol–water partition coefficient (Wildman–Crippen LogP) is 2.64. The van der Waals surface area contributed by atoms with Crippen molar-refractivity contribution in [1.82, 2.24) is 8.87 Å². The Balaban J connectivity index is 1.65. The summed E-state index contributed by atoms with van der Waals surface area (Å²) >= 11 is 6.91. The maximum atomic E-state index is 12.6. The molecular formula is C16H19ClN2O4S2. The number of piperidine rings is 1. The molecule has 136 valence electrons. The van der Waals surface area contributed by atoms with Crippen molar-refractivity contribution >= 4 is 33.0 Å². The van der Waals surface area contributed by atoms with Crippen LogP contribution < -0.4 is 10.3 Å². The van der Waals surface area contributed by atoms with Crippen molar-refractivity contribution in [3.63, 3.8) is 0 Å². The minimum atomic E-state index is -3.50. The Labute approximate surface area is 155 Å². The Hall–Kier alpha value is -1.35. The van der Waals surface area contributed by atoms with E-state index in [1.165, 1.54) is 16.4 Å². The molecule has 3 heterocycles. The van der Waals surface area contributed by atoms with Crippen LogP contribution in [0.25, 0.3) is 0 Å². The largest absolute Gasteiger partial charge is 0.490 e. The van der Waals surface area contributed by atoms with Crippen molar-refractivity contribution in [2.75, 3.05) is 13.1 Å². The molecule has 1 saturated heterocycles. The summed E-state index contributed by atoms with van der Waals surface area (Å²) in [5.41, 5.74) is 0.696. The normalized spacial score (nSPS) is 16.9. The topological polar surface area (TPSA) is 68.6 Å². The van der Waals surface area contributed by atoms with E-state index in [9.17, 15) is 13.2 Å². The van der Waals surface area contributed by atoms with Crippen LogP contribution in [0, 0.1) is 6.92 Å². The molecule has 25 heavy (non-hydrogen) atoms. The average molecular weight is 403 g/mol. The van der Waals surface area contributed by atoms with Gasteiger partial charge in [0.1, 0.15) is 16.1 Å². The van der Waals surface area contributed by atoms with E-state index in [0.29, 0.717) is 36.0 Å². The molecule has 0 aromatic carbocycles. The summed E-state index contributed by atoms with van der Waals surface area (Å²) in [7, 11) is -1.79. The monoisotopic (exact) mass is 402 g/mol. The summed E-state index contributed by atoms with van der Waals surface area (Å²) in [6.45, 7) is 2.61. The lowest BCUT2D eigenvalue weighted by Crippen LogP contribution is -2.41. The third-order valence-corrected chi connectivity index (χ3v) is 7.92. The maximum absolute atomic E-state index is 12.6. The Morgan fingerprint density at radius 2 is 1.92 bits per heavy atom. The number of rotatable bonds is 4. The van der Waals surface area contributed by atoms with Crippen molar-refractivity contribution in [3.8, 4) is 5.75 Å². The number of ether oxygens (including phenoxy) is 1. The number of halogens is 1. The molecule has 0 bridgehead atoms. The summed E-state index contributed by atoms with van der Waals surface area (Å²) in [5.74, 6) is 0.534. The fourth-order valence-corrected chi connectivity index (χ4v) is 5.86. The minimum Gasteiger partial charge on any atom is -0.490 e. The molecule has 6 nitrogen and oxygen atoms in total. The standard InChI is InChI=1S/C16H19ClN2O4S2/c1-11-9-13(10-15(20)18(11)2)23-12-5-7-19(8-6-12)25(21,22)16-4-3-14(17)24-16/h3-4,9-10,12H,5-8H2,1-2H3. The van der Waals surface area contributed by atoms with E-state index in [1.54, 1.807) is 17.7 Å². The average Bonchev–Trinajstić information content (AvgIpc) is 3.00. The van der Waals surface area contributed by atoms with Crippen LogP contribution >= 0.6 is 22.9 Å². The summed E-state index contributed by atoms with van der Waals surface area (Å²) in [5, 5.41) is 0. The number of hydrogen-bond acceptors (Lipinski definition) is 5. The Bertz CT molecular complexity index is 928. The highest BCUT2D eigenvalue weighted by Crippen LogP contribution is 2.30. The molecule has 1 fully saturated rings. The predicted molar refractivity (Wildman–Crippen MR) is 98.2 cm³/mol. The molecular weight excluding hydrogens is 384 g/mol. The van der Waals surface area contributed by atoms with Gasteiger partial charge in [0.2, 0.25) is 0 Å². The van der Waals surface area contributed by atoms with Crippen molar-refractivity contribution in [1.29, 1.82) is 0 Å². The van der Waals surface area contributed by atoms with Crippen LogP contribution in [0.15, 0.2) is 33.3 Å². The molecule has 1 aliphatic heterocycles. The molecule has 0 saturated carbocycles. The summed E-state index contributed by atoms with van der Waals surface area (Å²) in [4.78, 5) is 11.8. The first-order valence-electron chi connectivity index (χ1n) is 7.87. The number of nitrogens with zero attached hydrogens (tertiary/aromatic N) is 2. The van der Waals surface area contributed by atoms with Gasteiger partial charge in [-0.05, 0) is 38.0 Å². The number of sulfonamides is 1. The zero-order valence-electron chi connectivity index (χ0n) is 13.9. The highest BCUT2D eigenvalue weighted by molar-refractivity contribution is 7.91. The van der Waals surface area contributed by atoms with Gasteiger partial charge < -0.3 is 9.30 Å². The third-order valence-electron chi connectivity index (χ3n) is 4.32. The lowest BCUT2D eigenvalue weighted by molar-refractivity contribution is 0.135. The van der Waals surface area contributed by atoms with E-state index < -0.39 is 10.0 Å². The fraction of sp³-hybridized carbons (Fsp3) is 0.438. The molecule has 0 atom stereocenters. The Kier molecular flexibility index (Phi) is 5.24.